The van der Waals surface area contributed by atoms with E-state index in [-0.39, 0.29) is 12.1 Å². The van der Waals surface area contributed by atoms with Gasteiger partial charge in [0.1, 0.15) is 5.69 Å². The minimum absolute atomic E-state index is 0.197. The number of halogens is 1. The SMILES string of the molecule is CCCc1cc(C(=O)NC(CC(=O)O)Cc2ccccc2Br)nn1Cc1ccc(-c2ccccc2-c2nn[nH]n2)cc1. The Morgan fingerprint density at radius 1 is 1.02 bits per heavy atom. The van der Waals surface area contributed by atoms with Gasteiger partial charge in [0.05, 0.1) is 13.0 Å². The number of carboxylic acid groups (broad SMARTS) is 1. The summed E-state index contributed by atoms with van der Waals surface area (Å²) in [5.74, 6) is -0.839. The molecule has 0 aliphatic rings. The molecule has 0 saturated heterocycles. The Bertz CT molecular complexity index is 1670. The number of aromatic nitrogens is 6. The number of rotatable bonds is 12. The number of aliphatic carboxylic acids is 1. The molecular weight excluding hydrogens is 598 g/mol. The standard InChI is InChI=1S/C31H30BrN7O3/c1-2-7-24-18-28(31(42)33-23(17-29(40)41)16-22-8-3-6-11-27(22)32)36-39(24)19-20-12-14-21(15-13-20)25-9-4-5-10-26(25)30-34-37-38-35-30/h3-6,8-15,18,23H,2,7,16-17,19H2,1H3,(H,33,42)(H,40,41)(H,34,35,37,38). The topological polar surface area (TPSA) is 139 Å². The van der Waals surface area contributed by atoms with E-state index in [4.69, 9.17) is 0 Å². The molecule has 0 spiro atoms. The van der Waals surface area contributed by atoms with E-state index in [0.717, 1.165) is 50.8 Å². The molecule has 1 unspecified atom stereocenters. The van der Waals surface area contributed by atoms with Crippen molar-refractivity contribution in [1.82, 2.24) is 35.7 Å². The number of amides is 1. The molecule has 42 heavy (non-hydrogen) atoms. The quantitative estimate of drug-likeness (QED) is 0.170. The van der Waals surface area contributed by atoms with Gasteiger partial charge in [0, 0.05) is 21.8 Å². The Morgan fingerprint density at radius 3 is 2.45 bits per heavy atom. The van der Waals surface area contributed by atoms with Crippen molar-refractivity contribution in [1.29, 1.82) is 0 Å². The fourth-order valence-electron chi connectivity index (χ4n) is 4.90. The zero-order chi connectivity index (χ0) is 29.5. The van der Waals surface area contributed by atoms with Gasteiger partial charge < -0.3 is 10.4 Å². The number of carbonyl (C=O) groups is 2. The van der Waals surface area contributed by atoms with Crippen molar-refractivity contribution in [2.45, 2.75) is 45.2 Å². The van der Waals surface area contributed by atoms with Crippen molar-refractivity contribution in [3.05, 3.63) is 106 Å². The van der Waals surface area contributed by atoms with Crippen LogP contribution in [0.5, 0.6) is 0 Å². The van der Waals surface area contributed by atoms with Crippen LogP contribution in [-0.4, -0.2) is 53.4 Å². The highest BCUT2D eigenvalue weighted by molar-refractivity contribution is 9.10. The predicted molar refractivity (Wildman–Crippen MR) is 162 cm³/mol. The van der Waals surface area contributed by atoms with Crippen molar-refractivity contribution < 1.29 is 14.7 Å². The van der Waals surface area contributed by atoms with Crippen LogP contribution in [0.15, 0.2) is 83.3 Å². The first-order valence-corrected chi connectivity index (χ1v) is 14.5. The number of nitrogens with zero attached hydrogens (tertiary/aromatic N) is 5. The number of carbonyl (C=O) groups excluding carboxylic acids is 1. The molecule has 3 N–H and O–H groups in total. The van der Waals surface area contributed by atoms with E-state index in [9.17, 15) is 14.7 Å². The van der Waals surface area contributed by atoms with Gasteiger partial charge in [-0.3, -0.25) is 14.3 Å². The fraction of sp³-hybridized carbons (Fsp3) is 0.226. The average Bonchev–Trinajstić information content (AvgIpc) is 3.66. The number of carboxylic acids is 1. The molecule has 2 aromatic heterocycles. The second-order valence-electron chi connectivity index (χ2n) is 9.97. The summed E-state index contributed by atoms with van der Waals surface area (Å²) < 4.78 is 2.72. The van der Waals surface area contributed by atoms with Gasteiger partial charge in [-0.05, 0) is 52.4 Å². The highest BCUT2D eigenvalue weighted by Crippen LogP contribution is 2.30. The van der Waals surface area contributed by atoms with E-state index in [1.165, 1.54) is 0 Å². The van der Waals surface area contributed by atoms with Gasteiger partial charge in [-0.15, -0.1) is 10.2 Å². The third kappa shape index (κ3) is 6.98. The van der Waals surface area contributed by atoms with Crippen molar-refractivity contribution in [3.8, 4) is 22.5 Å². The van der Waals surface area contributed by atoms with E-state index in [1.807, 2.05) is 77.5 Å². The van der Waals surface area contributed by atoms with Gasteiger partial charge >= 0.3 is 5.97 Å². The van der Waals surface area contributed by atoms with Gasteiger partial charge in [-0.25, -0.2) is 0 Å². The van der Waals surface area contributed by atoms with Crippen molar-refractivity contribution >= 4 is 27.8 Å². The molecule has 10 nitrogen and oxygen atoms in total. The maximum atomic E-state index is 13.3. The van der Waals surface area contributed by atoms with E-state index in [0.29, 0.717) is 18.8 Å². The van der Waals surface area contributed by atoms with Crippen LogP contribution in [0, 0.1) is 0 Å². The molecular formula is C31H30BrN7O3. The highest BCUT2D eigenvalue weighted by atomic mass is 79.9. The first-order chi connectivity index (χ1) is 20.4. The van der Waals surface area contributed by atoms with E-state index >= 15 is 0 Å². The lowest BCUT2D eigenvalue weighted by Gasteiger charge is -2.17. The van der Waals surface area contributed by atoms with Gasteiger partial charge in [0.15, 0.2) is 0 Å². The largest absolute Gasteiger partial charge is 0.481 e. The molecule has 0 aliphatic carbocycles. The number of aryl methyl sites for hydroxylation is 1. The summed E-state index contributed by atoms with van der Waals surface area (Å²) in [6.07, 6.45) is 1.83. The molecule has 0 aliphatic heterocycles. The summed E-state index contributed by atoms with van der Waals surface area (Å²) in [7, 11) is 0. The number of H-pyrrole nitrogens is 1. The summed E-state index contributed by atoms with van der Waals surface area (Å²) >= 11 is 3.51. The fourth-order valence-corrected chi connectivity index (χ4v) is 5.35. The van der Waals surface area contributed by atoms with Gasteiger partial charge in [-0.2, -0.15) is 10.3 Å². The van der Waals surface area contributed by atoms with E-state index in [1.54, 1.807) is 6.07 Å². The summed E-state index contributed by atoms with van der Waals surface area (Å²) in [5.41, 5.74) is 6.05. The Hall–Kier alpha value is -4.64. The molecule has 5 aromatic rings. The number of benzene rings is 3. The Balaban J connectivity index is 1.33. The number of nitrogens with one attached hydrogen (secondary N) is 2. The van der Waals surface area contributed by atoms with Crippen LogP contribution in [0.1, 0.15) is 47.1 Å². The normalized spacial score (nSPS) is 11.8. The summed E-state index contributed by atoms with van der Waals surface area (Å²) in [6, 6.07) is 24.9. The van der Waals surface area contributed by atoms with Gasteiger partial charge in [0.2, 0.25) is 5.82 Å². The number of hydrogen-bond donors (Lipinski definition) is 3. The van der Waals surface area contributed by atoms with Crippen LogP contribution in [0.2, 0.25) is 0 Å². The van der Waals surface area contributed by atoms with Crippen LogP contribution < -0.4 is 5.32 Å². The highest BCUT2D eigenvalue weighted by Gasteiger charge is 2.21. The molecule has 1 amide bonds. The van der Waals surface area contributed by atoms with Crippen LogP contribution in [0.25, 0.3) is 22.5 Å². The van der Waals surface area contributed by atoms with Crippen LogP contribution in [0.3, 0.4) is 0 Å². The summed E-state index contributed by atoms with van der Waals surface area (Å²) in [5, 5.41) is 31.4. The lowest BCUT2D eigenvalue weighted by atomic mass is 9.98. The molecule has 0 saturated carbocycles. The van der Waals surface area contributed by atoms with Crippen LogP contribution in [-0.2, 0) is 24.2 Å². The van der Waals surface area contributed by atoms with Crippen LogP contribution in [0.4, 0.5) is 0 Å². The number of tetrazole rings is 1. The van der Waals surface area contributed by atoms with Crippen molar-refractivity contribution in [3.63, 3.8) is 0 Å². The molecule has 3 aromatic carbocycles. The molecule has 2 heterocycles. The number of aromatic amines is 1. The Morgan fingerprint density at radius 2 is 1.76 bits per heavy atom. The van der Waals surface area contributed by atoms with Gasteiger partial charge in [-0.1, -0.05) is 96.0 Å². The zero-order valence-corrected chi connectivity index (χ0v) is 24.6. The van der Waals surface area contributed by atoms with Gasteiger partial charge in [0.25, 0.3) is 5.91 Å². The Kier molecular flexibility index (Phi) is 9.18. The monoisotopic (exact) mass is 627 g/mol. The minimum atomic E-state index is -0.979. The Labute approximate surface area is 251 Å². The molecule has 0 bridgehead atoms. The molecule has 11 heteroatoms. The lowest BCUT2D eigenvalue weighted by Crippen LogP contribution is -2.38. The van der Waals surface area contributed by atoms with Crippen molar-refractivity contribution in [2.75, 3.05) is 0 Å². The molecule has 1 atom stereocenters. The second kappa shape index (κ2) is 13.3. The first-order valence-electron chi connectivity index (χ1n) is 13.7. The minimum Gasteiger partial charge on any atom is -0.481 e. The molecule has 214 valence electrons. The van der Waals surface area contributed by atoms with Crippen molar-refractivity contribution in [2.24, 2.45) is 0 Å². The lowest BCUT2D eigenvalue weighted by molar-refractivity contribution is -0.137. The number of hydrogen-bond acceptors (Lipinski definition) is 6. The molecule has 0 fully saturated rings. The second-order valence-corrected chi connectivity index (χ2v) is 10.8. The molecule has 5 rings (SSSR count). The maximum Gasteiger partial charge on any atom is 0.305 e. The third-order valence-corrected chi connectivity index (χ3v) is 7.67. The van der Waals surface area contributed by atoms with E-state index in [2.05, 4.69) is 53.9 Å². The predicted octanol–water partition coefficient (Wildman–Crippen LogP) is 5.31. The molecule has 0 radical (unpaired) electrons. The first kappa shape index (κ1) is 28.9. The smallest absolute Gasteiger partial charge is 0.305 e. The zero-order valence-electron chi connectivity index (χ0n) is 23.0. The van der Waals surface area contributed by atoms with E-state index < -0.39 is 17.9 Å². The van der Waals surface area contributed by atoms with Crippen LogP contribution >= 0.6 is 15.9 Å². The average molecular weight is 629 g/mol. The third-order valence-electron chi connectivity index (χ3n) is 6.89. The summed E-state index contributed by atoms with van der Waals surface area (Å²) in [4.78, 5) is 24.8. The summed E-state index contributed by atoms with van der Waals surface area (Å²) in [6.45, 7) is 2.57. The maximum absolute atomic E-state index is 13.3.